The fourth-order valence-corrected chi connectivity index (χ4v) is 4.70. The molecular weight excluding hydrogens is 491 g/mol. The maximum absolute atomic E-state index is 13.2. The maximum Gasteiger partial charge on any atom is 0.262 e. The summed E-state index contributed by atoms with van der Waals surface area (Å²) in [5.74, 6) is 0.0218. The van der Waals surface area contributed by atoms with E-state index in [1.54, 1.807) is 22.9 Å². The van der Waals surface area contributed by atoms with E-state index in [-0.39, 0.29) is 23.3 Å². The minimum Gasteiger partial charge on any atom is -0.489 e. The van der Waals surface area contributed by atoms with Crippen LogP contribution in [0.2, 0.25) is 0 Å². The fourth-order valence-electron chi connectivity index (χ4n) is 4.70. The molecule has 0 atom stereocenters. The van der Waals surface area contributed by atoms with Crippen LogP contribution in [0, 0.1) is 17.1 Å². The van der Waals surface area contributed by atoms with Gasteiger partial charge in [-0.2, -0.15) is 10.4 Å². The molecule has 1 amide bonds. The number of nitrogens with one attached hydrogen (secondary N) is 1. The Morgan fingerprint density at radius 1 is 1.03 bits per heavy atom. The van der Waals surface area contributed by atoms with Crippen LogP contribution in [0.15, 0.2) is 90.6 Å². The third-order valence-electron chi connectivity index (χ3n) is 6.82. The Balaban J connectivity index is 1.41. The van der Waals surface area contributed by atoms with Gasteiger partial charge in [0.2, 0.25) is 0 Å². The van der Waals surface area contributed by atoms with Crippen LogP contribution in [0.25, 0.3) is 23.0 Å². The second-order valence-electron chi connectivity index (χ2n) is 9.63. The van der Waals surface area contributed by atoms with Crippen LogP contribution in [-0.2, 0) is 11.4 Å². The lowest BCUT2D eigenvalue weighted by atomic mass is 9.95. The molecule has 1 N–H and O–H groups in total. The van der Waals surface area contributed by atoms with Crippen molar-refractivity contribution in [1.29, 1.82) is 5.26 Å². The monoisotopic (exact) mass is 520 g/mol. The summed E-state index contributed by atoms with van der Waals surface area (Å²) in [4.78, 5) is 13.0. The molecule has 3 aromatic carbocycles. The number of amides is 1. The van der Waals surface area contributed by atoms with Gasteiger partial charge in [0.05, 0.1) is 11.4 Å². The number of para-hydroxylation sites is 1. The molecule has 5 rings (SSSR count). The minimum atomic E-state index is -0.354. The number of aromatic nitrogens is 2. The van der Waals surface area contributed by atoms with Crippen LogP contribution in [0.3, 0.4) is 0 Å². The van der Waals surface area contributed by atoms with Gasteiger partial charge < -0.3 is 10.1 Å². The number of carbonyl (C=O) groups excluding carboxylic acids is 1. The van der Waals surface area contributed by atoms with Gasteiger partial charge >= 0.3 is 0 Å². The molecule has 1 aliphatic carbocycles. The van der Waals surface area contributed by atoms with Gasteiger partial charge in [-0.3, -0.25) is 4.79 Å². The van der Waals surface area contributed by atoms with Gasteiger partial charge in [0.1, 0.15) is 29.8 Å². The predicted molar refractivity (Wildman–Crippen MR) is 148 cm³/mol. The first kappa shape index (κ1) is 25.9. The number of hydrogen-bond acceptors (Lipinski definition) is 4. The van der Waals surface area contributed by atoms with Crippen molar-refractivity contribution in [2.45, 2.75) is 44.8 Å². The second-order valence-corrected chi connectivity index (χ2v) is 9.63. The van der Waals surface area contributed by atoms with E-state index in [2.05, 4.69) is 11.4 Å². The topological polar surface area (TPSA) is 79.9 Å². The van der Waals surface area contributed by atoms with Crippen LogP contribution >= 0.6 is 0 Å². The van der Waals surface area contributed by atoms with Gasteiger partial charge in [-0.25, -0.2) is 9.07 Å². The predicted octanol–water partition coefficient (Wildman–Crippen LogP) is 6.61. The van der Waals surface area contributed by atoms with Crippen molar-refractivity contribution in [2.75, 3.05) is 0 Å². The van der Waals surface area contributed by atoms with Gasteiger partial charge in [0.25, 0.3) is 5.91 Å². The van der Waals surface area contributed by atoms with E-state index < -0.39 is 0 Å². The van der Waals surface area contributed by atoms with E-state index >= 15 is 0 Å². The fraction of sp³-hybridized carbons (Fsp3) is 0.219. The standard InChI is InChI=1S/C32H29FN4O2/c33-27-15-11-23(12-16-27)22-39-30-17-13-24(14-18-30)31-26(21-37(36-31)29-9-5-2-6-10-29)19-25(20-34)32(38)35-28-7-3-1-4-8-28/h2,5-6,9-19,21,28H,1,3-4,7-8,22H2,(H,35,38)/b25-19-. The van der Waals surface area contributed by atoms with Crippen LogP contribution < -0.4 is 10.1 Å². The molecule has 0 aliphatic heterocycles. The van der Waals surface area contributed by atoms with Gasteiger partial charge in [-0.1, -0.05) is 49.6 Å². The number of nitrogens with zero attached hydrogens (tertiary/aromatic N) is 3. The number of halogens is 1. The Hall–Kier alpha value is -4.70. The summed E-state index contributed by atoms with van der Waals surface area (Å²) in [5.41, 5.74) is 3.90. The molecule has 1 saturated carbocycles. The van der Waals surface area contributed by atoms with Crippen LogP contribution in [-0.4, -0.2) is 21.7 Å². The summed E-state index contributed by atoms with van der Waals surface area (Å²) < 4.78 is 20.8. The Kier molecular flexibility index (Phi) is 8.13. The quantitative estimate of drug-likeness (QED) is 0.209. The Morgan fingerprint density at radius 2 is 1.74 bits per heavy atom. The first-order valence-electron chi connectivity index (χ1n) is 13.1. The first-order valence-corrected chi connectivity index (χ1v) is 13.1. The first-order chi connectivity index (χ1) is 19.1. The van der Waals surface area contributed by atoms with E-state index in [9.17, 15) is 14.4 Å². The lowest BCUT2D eigenvalue weighted by Crippen LogP contribution is -2.36. The molecule has 39 heavy (non-hydrogen) atoms. The zero-order chi connectivity index (χ0) is 27.0. The number of ether oxygens (including phenoxy) is 1. The molecule has 1 fully saturated rings. The lowest BCUT2D eigenvalue weighted by Gasteiger charge is -2.22. The molecule has 196 valence electrons. The number of hydrogen-bond donors (Lipinski definition) is 1. The van der Waals surface area contributed by atoms with E-state index in [4.69, 9.17) is 9.84 Å². The van der Waals surface area contributed by atoms with Crippen molar-refractivity contribution in [3.8, 4) is 28.8 Å². The van der Waals surface area contributed by atoms with Crippen molar-refractivity contribution >= 4 is 12.0 Å². The molecule has 4 aromatic rings. The molecule has 7 heteroatoms. The summed E-state index contributed by atoms with van der Waals surface area (Å²) in [6.07, 6.45) is 8.69. The van der Waals surface area contributed by atoms with Gasteiger partial charge in [-0.15, -0.1) is 0 Å². The third kappa shape index (κ3) is 6.60. The molecule has 1 aliphatic rings. The number of rotatable bonds is 8. The SMILES string of the molecule is N#C/C(=C/c1cn(-c2ccccc2)nc1-c1ccc(OCc2ccc(F)cc2)cc1)C(=O)NC1CCCCC1. The molecule has 0 spiro atoms. The van der Waals surface area contributed by atoms with Crippen LogP contribution in [0.1, 0.15) is 43.2 Å². The highest BCUT2D eigenvalue weighted by Gasteiger charge is 2.20. The highest BCUT2D eigenvalue weighted by atomic mass is 19.1. The molecule has 1 heterocycles. The van der Waals surface area contributed by atoms with E-state index in [0.29, 0.717) is 23.6 Å². The van der Waals surface area contributed by atoms with Crippen molar-refractivity contribution in [3.63, 3.8) is 0 Å². The summed E-state index contributed by atoms with van der Waals surface area (Å²) >= 11 is 0. The molecule has 0 saturated heterocycles. The summed E-state index contributed by atoms with van der Waals surface area (Å²) in [7, 11) is 0. The van der Waals surface area contributed by atoms with E-state index in [1.165, 1.54) is 18.6 Å². The van der Waals surface area contributed by atoms with Gasteiger partial charge in [0, 0.05) is 23.4 Å². The van der Waals surface area contributed by atoms with E-state index in [0.717, 1.165) is 42.5 Å². The van der Waals surface area contributed by atoms with Gasteiger partial charge in [-0.05, 0) is 73.0 Å². The molecule has 0 radical (unpaired) electrons. The Labute approximate surface area is 227 Å². The zero-order valence-electron chi connectivity index (χ0n) is 21.5. The maximum atomic E-state index is 13.2. The average Bonchev–Trinajstić information content (AvgIpc) is 3.40. The minimum absolute atomic E-state index is 0.0497. The van der Waals surface area contributed by atoms with E-state index in [1.807, 2.05) is 60.8 Å². The van der Waals surface area contributed by atoms with Crippen molar-refractivity contribution < 1.29 is 13.9 Å². The number of nitriles is 1. The molecular formula is C32H29FN4O2. The third-order valence-corrected chi connectivity index (χ3v) is 6.82. The largest absolute Gasteiger partial charge is 0.489 e. The zero-order valence-corrected chi connectivity index (χ0v) is 21.5. The van der Waals surface area contributed by atoms with Crippen LogP contribution in [0.4, 0.5) is 4.39 Å². The Morgan fingerprint density at radius 3 is 2.44 bits per heavy atom. The number of benzene rings is 3. The Bertz CT molecular complexity index is 1480. The molecule has 1 aromatic heterocycles. The molecule has 6 nitrogen and oxygen atoms in total. The average molecular weight is 521 g/mol. The van der Waals surface area contributed by atoms with Crippen molar-refractivity contribution in [2.24, 2.45) is 0 Å². The van der Waals surface area contributed by atoms with Crippen molar-refractivity contribution in [1.82, 2.24) is 15.1 Å². The highest BCUT2D eigenvalue weighted by Crippen LogP contribution is 2.28. The normalized spacial score (nSPS) is 14.0. The van der Waals surface area contributed by atoms with Gasteiger partial charge in [0.15, 0.2) is 0 Å². The lowest BCUT2D eigenvalue weighted by molar-refractivity contribution is -0.117. The summed E-state index contributed by atoms with van der Waals surface area (Å²) in [5, 5.41) is 17.7. The molecule has 0 unspecified atom stereocenters. The second kappa shape index (κ2) is 12.2. The summed E-state index contributed by atoms with van der Waals surface area (Å²) in [6, 6.07) is 25.5. The molecule has 0 bridgehead atoms. The summed E-state index contributed by atoms with van der Waals surface area (Å²) in [6.45, 7) is 0.317. The van der Waals surface area contributed by atoms with Crippen LogP contribution in [0.5, 0.6) is 5.75 Å². The smallest absolute Gasteiger partial charge is 0.262 e. The number of carbonyl (C=O) groups is 1. The van der Waals surface area contributed by atoms with Crippen molar-refractivity contribution in [3.05, 3.63) is 108 Å². The highest BCUT2D eigenvalue weighted by molar-refractivity contribution is 6.02.